The molecule has 4 heterocycles. The van der Waals surface area contributed by atoms with Crippen LogP contribution in [0.3, 0.4) is 0 Å². The molecule has 2 aromatic heterocycles. The molecule has 0 spiro atoms. The van der Waals surface area contributed by atoms with Gasteiger partial charge in [0.15, 0.2) is 0 Å². The smallest absolute Gasteiger partial charge is 0.146 e. The van der Waals surface area contributed by atoms with Crippen LogP contribution in [-0.2, 0) is 10.8 Å². The Bertz CT molecular complexity index is 2280. The van der Waals surface area contributed by atoms with Crippen molar-refractivity contribution in [3.63, 3.8) is 0 Å². The minimum Gasteiger partial charge on any atom is -0.313 e. The van der Waals surface area contributed by atoms with Gasteiger partial charge in [0.1, 0.15) is 11.6 Å². The van der Waals surface area contributed by atoms with E-state index < -0.39 is 0 Å². The highest BCUT2D eigenvalue weighted by molar-refractivity contribution is 5.97. The van der Waals surface area contributed by atoms with Crippen LogP contribution in [0.1, 0.15) is 57.2 Å². The molecule has 1 aliphatic carbocycles. The number of nitrogens with zero attached hydrogens (tertiary/aromatic N) is 4. The van der Waals surface area contributed by atoms with E-state index in [-0.39, 0.29) is 10.8 Å². The van der Waals surface area contributed by atoms with Crippen LogP contribution in [-0.4, -0.2) is 9.97 Å². The average molecular weight is 597 g/mol. The van der Waals surface area contributed by atoms with Gasteiger partial charge in [-0.25, -0.2) is 9.97 Å². The molecule has 4 nitrogen and oxygen atoms in total. The molecule has 224 valence electrons. The number of pyridine rings is 2. The Balaban J connectivity index is 1.31. The van der Waals surface area contributed by atoms with Crippen LogP contribution < -0.4 is 9.80 Å². The van der Waals surface area contributed by atoms with E-state index in [1.54, 1.807) is 0 Å². The summed E-state index contributed by atoms with van der Waals surface area (Å²) in [5.41, 5.74) is 11.3. The number of benzene rings is 4. The molecule has 4 aromatic carbocycles. The molecule has 0 bridgehead atoms. The van der Waals surface area contributed by atoms with Gasteiger partial charge in [0, 0.05) is 39.2 Å². The van der Waals surface area contributed by atoms with Crippen LogP contribution in [0.5, 0.6) is 0 Å². The van der Waals surface area contributed by atoms with Crippen LogP contribution in [0.2, 0.25) is 0 Å². The van der Waals surface area contributed by atoms with Gasteiger partial charge in [-0.15, -0.1) is 0 Å². The van der Waals surface area contributed by atoms with Crippen molar-refractivity contribution in [2.75, 3.05) is 9.80 Å². The lowest BCUT2D eigenvalue weighted by atomic mass is 9.65. The quantitative estimate of drug-likeness (QED) is 0.203. The molecule has 3 aliphatic rings. The maximum atomic E-state index is 5.20. The lowest BCUT2D eigenvalue weighted by Gasteiger charge is -2.51. The van der Waals surface area contributed by atoms with E-state index in [1.165, 1.54) is 39.3 Å². The first-order valence-electron chi connectivity index (χ1n) is 16.3. The van der Waals surface area contributed by atoms with Gasteiger partial charge >= 0.3 is 0 Å². The number of para-hydroxylation sites is 2. The number of hydrogen-bond acceptors (Lipinski definition) is 4. The minimum atomic E-state index is -0.222. The summed E-state index contributed by atoms with van der Waals surface area (Å²) in [6.45, 7) is 9.55. The van der Waals surface area contributed by atoms with Gasteiger partial charge < -0.3 is 4.90 Å². The summed E-state index contributed by atoms with van der Waals surface area (Å²) in [6, 6.07) is 37.1. The normalized spacial score (nSPS) is 17.1. The molecule has 6 aromatic rings. The molecular weight excluding hydrogens is 560 g/mol. The Labute approximate surface area is 270 Å². The highest BCUT2D eigenvalue weighted by Gasteiger charge is 2.46. The van der Waals surface area contributed by atoms with E-state index in [0.29, 0.717) is 0 Å². The van der Waals surface area contributed by atoms with Gasteiger partial charge in [-0.2, -0.15) is 0 Å². The zero-order valence-corrected chi connectivity index (χ0v) is 26.8. The molecule has 0 unspecified atom stereocenters. The van der Waals surface area contributed by atoms with Gasteiger partial charge in [0.05, 0.1) is 16.9 Å². The van der Waals surface area contributed by atoms with Crippen LogP contribution in [0, 0.1) is 0 Å². The average Bonchev–Trinajstić information content (AvgIpc) is 3.08. The second-order valence-corrected chi connectivity index (χ2v) is 13.8. The van der Waals surface area contributed by atoms with Crippen molar-refractivity contribution in [2.45, 2.75) is 51.4 Å². The Morgan fingerprint density at radius 1 is 0.717 bits per heavy atom. The summed E-state index contributed by atoms with van der Waals surface area (Å²) in [4.78, 5) is 15.0. The summed E-state index contributed by atoms with van der Waals surface area (Å²) in [5, 5.41) is 3.36. The lowest BCUT2D eigenvalue weighted by molar-refractivity contribution is 0.576. The standard InChI is InChI=1S/C42H36N4/c1-41(2)31-15-8-10-19-36(31)46-37-22-21-29(26-34(37)42(3,4)33-17-11-16-32(41)39(33)46)45(38-23-20-28-13-6-9-18-35(28)44-38)40-30-14-7-5-12-27(30)24-25-43-40/h5-9,11-18,20-26H,10,19H2,1-4H3. The van der Waals surface area contributed by atoms with Crippen LogP contribution in [0.25, 0.3) is 21.7 Å². The minimum absolute atomic E-state index is 0.0553. The predicted molar refractivity (Wildman–Crippen MR) is 191 cm³/mol. The maximum absolute atomic E-state index is 5.20. The Morgan fingerprint density at radius 3 is 2.37 bits per heavy atom. The summed E-state index contributed by atoms with van der Waals surface area (Å²) in [6.07, 6.45) is 8.73. The summed E-state index contributed by atoms with van der Waals surface area (Å²) >= 11 is 0. The van der Waals surface area contributed by atoms with Gasteiger partial charge in [0.2, 0.25) is 0 Å². The first kappa shape index (κ1) is 27.1. The third-order valence-corrected chi connectivity index (χ3v) is 10.5. The second-order valence-electron chi connectivity index (χ2n) is 13.8. The first-order valence-corrected chi connectivity index (χ1v) is 16.3. The molecule has 46 heavy (non-hydrogen) atoms. The number of aromatic nitrogens is 2. The molecule has 9 rings (SSSR count). The molecule has 2 aliphatic heterocycles. The van der Waals surface area contributed by atoms with Gasteiger partial charge in [-0.1, -0.05) is 101 Å². The third-order valence-electron chi connectivity index (χ3n) is 10.5. The molecule has 0 N–H and O–H groups in total. The Morgan fingerprint density at radius 2 is 1.50 bits per heavy atom. The Hall–Kier alpha value is -5.22. The van der Waals surface area contributed by atoms with Crippen LogP contribution in [0.4, 0.5) is 28.7 Å². The molecule has 0 atom stereocenters. The van der Waals surface area contributed by atoms with E-state index in [4.69, 9.17) is 9.97 Å². The maximum Gasteiger partial charge on any atom is 0.146 e. The Kier molecular flexibility index (Phi) is 5.68. The first-order chi connectivity index (χ1) is 22.3. The van der Waals surface area contributed by atoms with E-state index in [0.717, 1.165) is 51.8 Å². The number of allylic oxidation sites excluding steroid dienone is 4. The van der Waals surface area contributed by atoms with Crippen molar-refractivity contribution in [2.24, 2.45) is 0 Å². The SMILES string of the molecule is CC1(C)C2=C(CCC=C2)N2c3ccc(N(c4ccc5ccccc5n4)c4nccc5ccccc45)cc3C(C)(C)c3cccc1c32. The van der Waals surface area contributed by atoms with Crippen molar-refractivity contribution in [3.8, 4) is 0 Å². The monoisotopic (exact) mass is 596 g/mol. The van der Waals surface area contributed by atoms with E-state index in [9.17, 15) is 0 Å². The molecule has 0 amide bonds. The number of hydrogen-bond donors (Lipinski definition) is 0. The zero-order valence-electron chi connectivity index (χ0n) is 26.8. The van der Waals surface area contributed by atoms with Crippen molar-refractivity contribution >= 4 is 50.4 Å². The second kappa shape index (κ2) is 9.64. The number of anilines is 5. The van der Waals surface area contributed by atoms with Gasteiger partial charge in [0.25, 0.3) is 0 Å². The van der Waals surface area contributed by atoms with E-state index in [1.807, 2.05) is 6.20 Å². The molecule has 0 saturated carbocycles. The van der Waals surface area contributed by atoms with E-state index >= 15 is 0 Å². The highest BCUT2D eigenvalue weighted by Crippen LogP contribution is 2.59. The van der Waals surface area contributed by atoms with Crippen molar-refractivity contribution < 1.29 is 0 Å². The topological polar surface area (TPSA) is 32.3 Å². The predicted octanol–water partition coefficient (Wildman–Crippen LogP) is 10.9. The summed E-state index contributed by atoms with van der Waals surface area (Å²) in [7, 11) is 0. The fourth-order valence-electron chi connectivity index (χ4n) is 8.12. The van der Waals surface area contributed by atoms with Gasteiger partial charge in [-0.3, -0.25) is 4.90 Å². The van der Waals surface area contributed by atoms with Crippen molar-refractivity contribution in [1.29, 1.82) is 0 Å². The fraction of sp³-hybridized carbons (Fsp3) is 0.190. The highest BCUT2D eigenvalue weighted by atomic mass is 15.2. The van der Waals surface area contributed by atoms with Crippen LogP contribution >= 0.6 is 0 Å². The molecule has 0 saturated heterocycles. The molecular formula is C42H36N4. The molecule has 0 radical (unpaired) electrons. The van der Waals surface area contributed by atoms with Crippen molar-refractivity contribution in [1.82, 2.24) is 9.97 Å². The van der Waals surface area contributed by atoms with Crippen LogP contribution in [0.15, 0.2) is 133 Å². The lowest BCUT2D eigenvalue weighted by Crippen LogP contribution is -2.41. The number of rotatable bonds is 3. The van der Waals surface area contributed by atoms with Gasteiger partial charge in [-0.05, 0) is 83.0 Å². The zero-order chi connectivity index (χ0) is 31.2. The molecule has 0 fully saturated rings. The molecule has 4 heteroatoms. The summed E-state index contributed by atoms with van der Waals surface area (Å²) in [5.74, 6) is 1.72. The largest absolute Gasteiger partial charge is 0.313 e. The third kappa shape index (κ3) is 3.73. The fourth-order valence-corrected chi connectivity index (χ4v) is 8.12. The number of fused-ring (bicyclic) bond motifs is 5. The van der Waals surface area contributed by atoms with Crippen molar-refractivity contribution in [3.05, 3.63) is 149 Å². The van der Waals surface area contributed by atoms with E-state index in [2.05, 4.69) is 153 Å². The summed E-state index contributed by atoms with van der Waals surface area (Å²) < 4.78 is 0.